The zero-order valence-corrected chi connectivity index (χ0v) is 20.1. The van der Waals surface area contributed by atoms with Crippen LogP contribution >= 0.6 is 67.8 Å². The zero-order chi connectivity index (χ0) is 18.3. The lowest BCUT2D eigenvalue weighted by atomic mass is 10.2. The van der Waals surface area contributed by atoms with Gasteiger partial charge in [-0.25, -0.2) is 13.2 Å². The second-order valence-corrected chi connectivity index (χ2v) is 10.2. The Hall–Kier alpha value is 0.300. The molecule has 1 aromatic rings. The average Bonchev–Trinajstić information content (AvgIpc) is 2.44. The normalized spacial score (nSPS) is 11.2. The fourth-order valence-corrected chi connectivity index (χ4v) is 4.66. The molecule has 1 N–H and O–H groups in total. The molecule has 0 aromatic heterocycles. The minimum absolute atomic E-state index is 0.133. The highest BCUT2D eigenvalue weighted by Crippen LogP contribution is 2.23. The van der Waals surface area contributed by atoms with Crippen molar-refractivity contribution < 1.29 is 22.7 Å². The molecule has 10 heteroatoms. The van der Waals surface area contributed by atoms with Crippen LogP contribution in [0.3, 0.4) is 0 Å². The maximum Gasteiger partial charge on any atom is 0.339 e. The van der Waals surface area contributed by atoms with Crippen LogP contribution in [-0.2, 0) is 19.6 Å². The summed E-state index contributed by atoms with van der Waals surface area (Å²) in [5, 5.41) is 0. The van der Waals surface area contributed by atoms with E-state index in [-0.39, 0.29) is 19.0 Å². The summed E-state index contributed by atoms with van der Waals surface area (Å²) in [6.07, 6.45) is 2.91. The Morgan fingerprint density at radius 3 is 2.42 bits per heavy atom. The van der Waals surface area contributed by atoms with Gasteiger partial charge >= 0.3 is 5.97 Å². The first-order valence-corrected chi connectivity index (χ1v) is 12.0. The lowest BCUT2D eigenvalue weighted by molar-refractivity contribution is -0.119. The van der Waals surface area contributed by atoms with Crippen LogP contribution in [0.4, 0.5) is 0 Å². The van der Waals surface area contributed by atoms with Crippen molar-refractivity contribution in [3.05, 3.63) is 28.4 Å². The van der Waals surface area contributed by atoms with Crippen molar-refractivity contribution in [2.75, 3.05) is 12.9 Å². The Morgan fingerprint density at radius 2 is 1.79 bits per heavy atom. The first-order valence-electron chi connectivity index (χ1n) is 6.92. The number of hydrogen-bond donors (Lipinski definition) is 1. The summed E-state index contributed by atoms with van der Waals surface area (Å²) in [7, 11) is -3.49. The van der Waals surface area contributed by atoms with Crippen molar-refractivity contribution in [1.29, 1.82) is 0 Å². The van der Waals surface area contributed by atoms with Crippen molar-refractivity contribution >= 4 is 89.7 Å². The molecule has 1 aromatic carbocycles. The number of unbranched alkanes of at least 4 members (excludes halogenated alkanes) is 2. The van der Waals surface area contributed by atoms with Crippen LogP contribution in [0.15, 0.2) is 12.1 Å². The molecule has 0 spiro atoms. The number of carbonyl (C=O) groups excluding carboxylic acids is 2. The molecule has 0 atom stereocenters. The van der Waals surface area contributed by atoms with Gasteiger partial charge < -0.3 is 4.74 Å². The van der Waals surface area contributed by atoms with Crippen LogP contribution in [0, 0.1) is 10.7 Å². The van der Waals surface area contributed by atoms with Crippen LogP contribution in [0.2, 0.25) is 0 Å². The van der Waals surface area contributed by atoms with Gasteiger partial charge in [0.05, 0.1) is 18.4 Å². The molecule has 1 rings (SSSR count). The second kappa shape index (κ2) is 10.4. The van der Waals surface area contributed by atoms with Crippen molar-refractivity contribution in [3.63, 3.8) is 0 Å². The largest absolute Gasteiger partial charge is 0.462 e. The number of hydrogen-bond acceptors (Lipinski definition) is 5. The van der Waals surface area contributed by atoms with Gasteiger partial charge in [-0.1, -0.05) is 0 Å². The number of halogens is 3. The number of amides is 1. The topological polar surface area (TPSA) is 89.5 Å². The van der Waals surface area contributed by atoms with E-state index in [0.29, 0.717) is 24.8 Å². The molecule has 0 bridgehead atoms. The van der Waals surface area contributed by atoms with Crippen molar-refractivity contribution in [1.82, 2.24) is 4.72 Å². The first-order chi connectivity index (χ1) is 11.1. The molecule has 1 amide bonds. The third-order valence-electron chi connectivity index (χ3n) is 2.79. The quantitative estimate of drug-likeness (QED) is 0.196. The summed E-state index contributed by atoms with van der Waals surface area (Å²) in [6, 6.07) is 3.78. The third-order valence-corrected chi connectivity index (χ3v) is 7.06. The fraction of sp³-hybridized carbons (Fsp3) is 0.429. The van der Waals surface area contributed by atoms with Crippen LogP contribution in [0.25, 0.3) is 0 Å². The highest BCUT2D eigenvalue weighted by Gasteiger charge is 2.15. The molecule has 0 saturated carbocycles. The van der Waals surface area contributed by atoms with Crippen LogP contribution in [0.5, 0.6) is 0 Å². The number of rotatable bonds is 8. The van der Waals surface area contributed by atoms with E-state index in [1.54, 1.807) is 6.07 Å². The van der Waals surface area contributed by atoms with Gasteiger partial charge in [-0.2, -0.15) is 0 Å². The van der Waals surface area contributed by atoms with Gasteiger partial charge in [0.15, 0.2) is 0 Å². The van der Waals surface area contributed by atoms with E-state index in [9.17, 15) is 18.0 Å². The summed E-state index contributed by atoms with van der Waals surface area (Å²) in [5.41, 5.74) is 0.555. The molecule has 0 aliphatic heterocycles. The molecular weight excluding hydrogens is 675 g/mol. The Kier molecular flexibility index (Phi) is 9.73. The van der Waals surface area contributed by atoms with E-state index in [1.807, 2.05) is 10.8 Å². The fourth-order valence-electron chi connectivity index (χ4n) is 1.77. The summed E-state index contributed by atoms with van der Waals surface area (Å²) < 4.78 is 31.8. The second-order valence-electron chi connectivity index (χ2n) is 4.99. The van der Waals surface area contributed by atoms with E-state index in [0.717, 1.165) is 17.0 Å². The standard InChI is InChI=1S/C14H16I3NO5S/c1-24(21,22)18-12(19)5-3-2-4-6-23-14(20)10-7-9(15)8-11(16)13(10)17/h7-8H,2-6H2,1H3,(H,18,19). The third kappa shape index (κ3) is 8.60. The van der Waals surface area contributed by atoms with E-state index in [2.05, 4.69) is 67.8 Å². The molecule has 0 saturated heterocycles. The minimum Gasteiger partial charge on any atom is -0.462 e. The van der Waals surface area contributed by atoms with E-state index >= 15 is 0 Å². The summed E-state index contributed by atoms with van der Waals surface area (Å²) in [5.74, 6) is -0.872. The maximum atomic E-state index is 12.1. The molecule has 0 aliphatic rings. The number of esters is 1. The lowest BCUT2D eigenvalue weighted by Gasteiger charge is -2.08. The monoisotopic (exact) mass is 691 g/mol. The molecule has 6 nitrogen and oxygen atoms in total. The highest BCUT2D eigenvalue weighted by molar-refractivity contribution is 14.1. The Bertz CT molecular complexity index is 721. The van der Waals surface area contributed by atoms with E-state index in [4.69, 9.17) is 4.74 Å². The number of sulfonamides is 1. The average molecular weight is 691 g/mol. The molecule has 134 valence electrons. The van der Waals surface area contributed by atoms with Gasteiger partial charge in [-0.05, 0) is 99.2 Å². The van der Waals surface area contributed by atoms with Crippen molar-refractivity contribution in [2.45, 2.75) is 25.7 Å². The number of benzene rings is 1. The molecule has 0 aliphatic carbocycles. The predicted octanol–water partition coefficient (Wildman–Crippen LogP) is 3.29. The number of carbonyl (C=O) groups is 2. The van der Waals surface area contributed by atoms with Crippen molar-refractivity contribution in [3.8, 4) is 0 Å². The van der Waals surface area contributed by atoms with Crippen LogP contribution < -0.4 is 4.72 Å². The highest BCUT2D eigenvalue weighted by atomic mass is 127. The SMILES string of the molecule is CS(=O)(=O)NC(=O)CCCCCOC(=O)c1cc(I)cc(I)c1I. The number of ether oxygens (including phenoxy) is 1. The Labute approximate surface area is 182 Å². The summed E-state index contributed by atoms with van der Waals surface area (Å²) in [4.78, 5) is 23.4. The molecule has 0 radical (unpaired) electrons. The molecule has 24 heavy (non-hydrogen) atoms. The molecule has 0 unspecified atom stereocenters. The van der Waals surface area contributed by atoms with Crippen LogP contribution in [0.1, 0.15) is 36.0 Å². The first kappa shape index (κ1) is 22.3. The minimum atomic E-state index is -3.49. The molecule has 0 fully saturated rings. The van der Waals surface area contributed by atoms with Crippen LogP contribution in [-0.4, -0.2) is 33.2 Å². The predicted molar refractivity (Wildman–Crippen MR) is 116 cm³/mol. The van der Waals surface area contributed by atoms with Gasteiger partial charge in [0.2, 0.25) is 15.9 Å². The maximum absolute atomic E-state index is 12.1. The number of nitrogens with one attached hydrogen (secondary N) is 1. The summed E-state index contributed by atoms with van der Waals surface area (Å²) >= 11 is 6.46. The Morgan fingerprint density at radius 1 is 1.12 bits per heavy atom. The smallest absolute Gasteiger partial charge is 0.339 e. The van der Waals surface area contributed by atoms with Crippen molar-refractivity contribution in [2.24, 2.45) is 0 Å². The van der Waals surface area contributed by atoms with E-state index < -0.39 is 15.9 Å². The summed E-state index contributed by atoms with van der Waals surface area (Å²) in [6.45, 7) is 0.269. The molecule has 0 heterocycles. The van der Waals surface area contributed by atoms with Gasteiger partial charge in [-0.3, -0.25) is 9.52 Å². The van der Waals surface area contributed by atoms with Gasteiger partial charge in [-0.15, -0.1) is 0 Å². The Balaban J connectivity index is 2.31. The van der Waals surface area contributed by atoms with Gasteiger partial charge in [0.25, 0.3) is 0 Å². The zero-order valence-electron chi connectivity index (χ0n) is 12.8. The lowest BCUT2D eigenvalue weighted by Crippen LogP contribution is -2.28. The van der Waals surface area contributed by atoms with Gasteiger partial charge in [0.1, 0.15) is 0 Å². The molecular formula is C14H16I3NO5S. The van der Waals surface area contributed by atoms with E-state index in [1.165, 1.54) is 0 Å². The van der Waals surface area contributed by atoms with Gasteiger partial charge in [0, 0.05) is 17.1 Å².